The molecule has 0 spiro atoms. The summed E-state index contributed by atoms with van der Waals surface area (Å²) in [5.74, 6) is -2.07. The largest absolute Gasteiger partial charge is 0.517 e. The van der Waals surface area contributed by atoms with Gasteiger partial charge in [0, 0.05) is 0 Å². The monoisotopic (exact) mass is 162 g/mol. The van der Waals surface area contributed by atoms with Crippen molar-refractivity contribution in [2.24, 2.45) is 0 Å². The Hall–Kier alpha value is -0.723. The van der Waals surface area contributed by atoms with E-state index in [1.54, 1.807) is 0 Å². The number of aliphatic hydroxyl groups is 2. The first-order valence-electron chi connectivity index (χ1n) is 2.70. The van der Waals surface area contributed by atoms with E-state index in [-0.39, 0.29) is 0 Å². The molecule has 1 aliphatic heterocycles. The van der Waals surface area contributed by atoms with Gasteiger partial charge in [0.2, 0.25) is 0 Å². The Kier molecular flexibility index (Phi) is 1.84. The maximum atomic E-state index is 10.5. The first-order valence-corrected chi connectivity index (χ1v) is 4.09. The molecule has 2 atom stereocenters. The van der Waals surface area contributed by atoms with E-state index in [4.69, 9.17) is 10.2 Å². The summed E-state index contributed by atoms with van der Waals surface area (Å²) in [4.78, 5) is 20.8. The topological polar surface area (TPSA) is 83.8 Å². The van der Waals surface area contributed by atoms with Gasteiger partial charge < -0.3 is 14.6 Å². The van der Waals surface area contributed by atoms with Gasteiger partial charge in [-0.1, -0.05) is 0 Å². The van der Waals surface area contributed by atoms with Gasteiger partial charge >= 0.3 is 5.97 Å². The standard InChI is InChI=1S/C4H6O5Si/c5-1-2(6)4(8)10-9-3(1)7/h2,4,6,8H,10H2. The molecule has 0 aromatic rings. The van der Waals surface area contributed by atoms with Crippen LogP contribution in [0.1, 0.15) is 0 Å². The molecule has 2 unspecified atom stereocenters. The lowest BCUT2D eigenvalue weighted by Gasteiger charge is -2.20. The van der Waals surface area contributed by atoms with Gasteiger partial charge in [0.05, 0.1) is 0 Å². The van der Waals surface area contributed by atoms with Crippen molar-refractivity contribution < 1.29 is 24.2 Å². The first-order chi connectivity index (χ1) is 4.63. The summed E-state index contributed by atoms with van der Waals surface area (Å²) in [7, 11) is -1.46. The van der Waals surface area contributed by atoms with E-state index in [1.165, 1.54) is 0 Å². The molecule has 10 heavy (non-hydrogen) atoms. The van der Waals surface area contributed by atoms with Crippen LogP contribution in [-0.4, -0.2) is 43.6 Å². The lowest BCUT2D eigenvalue weighted by molar-refractivity contribution is -0.156. The smallest absolute Gasteiger partial charge is 0.363 e. The van der Waals surface area contributed by atoms with Crippen molar-refractivity contribution in [3.8, 4) is 0 Å². The Morgan fingerprint density at radius 3 is 2.50 bits per heavy atom. The van der Waals surface area contributed by atoms with Crippen molar-refractivity contribution in [2.45, 2.75) is 11.8 Å². The van der Waals surface area contributed by atoms with Gasteiger partial charge in [0.25, 0.3) is 15.5 Å². The van der Waals surface area contributed by atoms with Crippen LogP contribution in [0.4, 0.5) is 0 Å². The minimum Gasteiger partial charge on any atom is -0.517 e. The van der Waals surface area contributed by atoms with Crippen LogP contribution in [-0.2, 0) is 14.0 Å². The normalized spacial score (nSPS) is 36.2. The summed E-state index contributed by atoms with van der Waals surface area (Å²) in [5, 5.41) is 17.5. The highest BCUT2D eigenvalue weighted by Crippen LogP contribution is 2.02. The molecule has 0 saturated carbocycles. The molecule has 0 aromatic heterocycles. The number of rotatable bonds is 0. The molecular formula is C4H6O5Si. The zero-order chi connectivity index (χ0) is 7.72. The average molecular weight is 162 g/mol. The van der Waals surface area contributed by atoms with E-state index < -0.39 is 33.3 Å². The second-order valence-corrected chi connectivity index (χ2v) is 3.43. The molecule has 1 aliphatic rings. The molecule has 56 valence electrons. The van der Waals surface area contributed by atoms with Gasteiger partial charge in [-0.25, -0.2) is 4.79 Å². The Balaban J connectivity index is 2.70. The van der Waals surface area contributed by atoms with Gasteiger partial charge in [-0.3, -0.25) is 4.79 Å². The summed E-state index contributed by atoms with van der Waals surface area (Å²) in [6.45, 7) is 0. The SMILES string of the molecule is O=C1O[SiH2]C(O)C(O)C1=O. The fourth-order valence-corrected chi connectivity index (χ4v) is 1.48. The molecule has 2 N–H and O–H groups in total. The van der Waals surface area contributed by atoms with Crippen LogP contribution in [0.2, 0.25) is 0 Å². The van der Waals surface area contributed by atoms with Crippen LogP contribution in [0.5, 0.6) is 0 Å². The van der Waals surface area contributed by atoms with E-state index in [1.807, 2.05) is 0 Å². The third kappa shape index (κ3) is 1.08. The fourth-order valence-electron chi connectivity index (χ4n) is 0.619. The van der Waals surface area contributed by atoms with E-state index in [9.17, 15) is 9.59 Å². The molecule has 6 heteroatoms. The number of Topliss-reactive ketones (excluding diaryl/α,β-unsaturated/α-hetero) is 1. The van der Waals surface area contributed by atoms with Crippen molar-refractivity contribution in [1.29, 1.82) is 0 Å². The minimum absolute atomic E-state index is 1.02. The summed E-state index contributed by atoms with van der Waals surface area (Å²) < 4.78 is 4.31. The first kappa shape index (κ1) is 7.38. The second kappa shape index (κ2) is 2.49. The lowest BCUT2D eigenvalue weighted by Crippen LogP contribution is -2.49. The van der Waals surface area contributed by atoms with Crippen LogP contribution >= 0.6 is 0 Å². The van der Waals surface area contributed by atoms with Crippen molar-refractivity contribution >= 4 is 21.5 Å². The third-order valence-electron chi connectivity index (χ3n) is 1.22. The number of aliphatic hydroxyl groups excluding tert-OH is 2. The highest BCUT2D eigenvalue weighted by atomic mass is 28.2. The van der Waals surface area contributed by atoms with E-state index >= 15 is 0 Å². The average Bonchev–Trinajstić information content (AvgIpc) is 1.93. The molecule has 0 radical (unpaired) electrons. The highest BCUT2D eigenvalue weighted by molar-refractivity contribution is 6.48. The van der Waals surface area contributed by atoms with Crippen LogP contribution in [0.25, 0.3) is 0 Å². The van der Waals surface area contributed by atoms with Crippen LogP contribution in [0, 0.1) is 0 Å². The van der Waals surface area contributed by atoms with Crippen molar-refractivity contribution in [1.82, 2.24) is 0 Å². The Bertz CT molecular complexity index is 178. The molecular weight excluding hydrogens is 156 g/mol. The highest BCUT2D eigenvalue weighted by Gasteiger charge is 2.36. The molecule has 0 amide bonds. The molecule has 1 rings (SSSR count). The Morgan fingerprint density at radius 2 is 2.00 bits per heavy atom. The molecule has 1 saturated heterocycles. The van der Waals surface area contributed by atoms with Gasteiger partial charge in [-0.05, 0) is 0 Å². The van der Waals surface area contributed by atoms with Gasteiger partial charge in [0.1, 0.15) is 11.8 Å². The fraction of sp³-hybridized carbons (Fsp3) is 0.500. The quantitative estimate of drug-likeness (QED) is 0.291. The number of hydrogen-bond acceptors (Lipinski definition) is 5. The second-order valence-electron chi connectivity index (χ2n) is 1.97. The minimum atomic E-state index is -1.55. The maximum absolute atomic E-state index is 10.5. The molecule has 1 heterocycles. The summed E-state index contributed by atoms with van der Waals surface area (Å²) in [6.07, 6.45) is -1.55. The third-order valence-corrected chi connectivity index (χ3v) is 2.44. The maximum Gasteiger partial charge on any atom is 0.363 e. The summed E-state index contributed by atoms with van der Waals surface area (Å²) in [6, 6.07) is 0. The summed E-state index contributed by atoms with van der Waals surface area (Å²) >= 11 is 0. The molecule has 1 fully saturated rings. The predicted molar refractivity (Wildman–Crippen MR) is 31.7 cm³/mol. The number of ketones is 1. The van der Waals surface area contributed by atoms with E-state index in [2.05, 4.69) is 4.43 Å². The van der Waals surface area contributed by atoms with Gasteiger partial charge in [0.15, 0.2) is 0 Å². The predicted octanol–water partition coefficient (Wildman–Crippen LogP) is -3.12. The van der Waals surface area contributed by atoms with E-state index in [0.717, 1.165) is 0 Å². The van der Waals surface area contributed by atoms with Crippen LogP contribution in [0.15, 0.2) is 0 Å². The Labute approximate surface area is 58.6 Å². The molecule has 0 aromatic carbocycles. The van der Waals surface area contributed by atoms with Crippen molar-refractivity contribution in [3.63, 3.8) is 0 Å². The molecule has 0 aliphatic carbocycles. The summed E-state index contributed by atoms with van der Waals surface area (Å²) in [5.41, 5.74) is -1.13. The molecule has 0 bridgehead atoms. The van der Waals surface area contributed by atoms with Gasteiger partial charge in [-0.2, -0.15) is 0 Å². The zero-order valence-electron chi connectivity index (χ0n) is 4.98. The van der Waals surface area contributed by atoms with E-state index in [0.29, 0.717) is 0 Å². The van der Waals surface area contributed by atoms with Crippen LogP contribution < -0.4 is 0 Å². The van der Waals surface area contributed by atoms with Crippen molar-refractivity contribution in [2.75, 3.05) is 0 Å². The lowest BCUT2D eigenvalue weighted by atomic mass is 10.2. The molecule has 5 nitrogen and oxygen atoms in total. The van der Waals surface area contributed by atoms with Gasteiger partial charge in [-0.15, -0.1) is 0 Å². The zero-order valence-corrected chi connectivity index (χ0v) is 6.40. The number of hydrogen-bond donors (Lipinski definition) is 2. The number of carbonyl (C=O) groups excluding carboxylic acids is 2. The van der Waals surface area contributed by atoms with Crippen LogP contribution in [0.3, 0.4) is 0 Å². The number of carbonyl (C=O) groups is 2. The Morgan fingerprint density at radius 1 is 1.40 bits per heavy atom. The van der Waals surface area contributed by atoms with Crippen molar-refractivity contribution in [3.05, 3.63) is 0 Å².